The molecule has 0 aliphatic rings. The van der Waals surface area contributed by atoms with Crippen LogP contribution in [0, 0.1) is 13.8 Å². The Balaban J connectivity index is 2.58. The molecule has 0 atom stereocenters. The Morgan fingerprint density at radius 1 is 1.26 bits per heavy atom. The van der Waals surface area contributed by atoms with Crippen LogP contribution in [0.25, 0.3) is 11.3 Å². The van der Waals surface area contributed by atoms with E-state index in [2.05, 4.69) is 42.5 Å². The molecule has 0 spiro atoms. The van der Waals surface area contributed by atoms with E-state index in [4.69, 9.17) is 4.74 Å². The number of hydrogen-bond donors (Lipinski definition) is 1. The highest BCUT2D eigenvalue weighted by atomic mass is 16.5. The van der Waals surface area contributed by atoms with Crippen LogP contribution in [0.3, 0.4) is 0 Å². The molecular weight excluding hydrogens is 238 g/mol. The first-order valence-corrected chi connectivity index (χ1v) is 6.40. The van der Waals surface area contributed by atoms with E-state index in [1.165, 1.54) is 11.1 Å². The number of aryl methyl sites for hydroxylation is 3. The molecule has 1 N–H and O–H groups in total. The summed E-state index contributed by atoms with van der Waals surface area (Å²) >= 11 is 0. The minimum absolute atomic E-state index is 0.765. The van der Waals surface area contributed by atoms with Crippen LogP contribution in [-0.2, 0) is 13.6 Å². The SMILES string of the molecule is CNCc1cc(-c2c(C)cc(C)cc2OC)n(C)n1. The third kappa shape index (κ3) is 2.63. The fourth-order valence-corrected chi connectivity index (χ4v) is 2.45. The number of benzene rings is 1. The van der Waals surface area contributed by atoms with E-state index in [-0.39, 0.29) is 0 Å². The number of nitrogens with zero attached hydrogens (tertiary/aromatic N) is 2. The van der Waals surface area contributed by atoms with Gasteiger partial charge in [-0.15, -0.1) is 0 Å². The van der Waals surface area contributed by atoms with Crippen molar-refractivity contribution in [3.8, 4) is 17.0 Å². The molecule has 1 aromatic heterocycles. The predicted octanol–water partition coefficient (Wildman–Crippen LogP) is 2.43. The number of ether oxygens (including phenoxy) is 1. The van der Waals surface area contributed by atoms with Gasteiger partial charge in [-0.2, -0.15) is 5.10 Å². The van der Waals surface area contributed by atoms with Crippen LogP contribution in [0.4, 0.5) is 0 Å². The Bertz CT molecular complexity index is 587. The maximum atomic E-state index is 5.53. The molecule has 4 heteroatoms. The summed E-state index contributed by atoms with van der Waals surface area (Å²) < 4.78 is 7.44. The van der Waals surface area contributed by atoms with Crippen molar-refractivity contribution >= 4 is 0 Å². The molecule has 0 saturated heterocycles. The fourth-order valence-electron chi connectivity index (χ4n) is 2.45. The Morgan fingerprint density at radius 3 is 2.63 bits per heavy atom. The average molecular weight is 259 g/mol. The van der Waals surface area contributed by atoms with Crippen LogP contribution in [0.15, 0.2) is 18.2 Å². The molecule has 0 fully saturated rings. The molecule has 1 heterocycles. The summed E-state index contributed by atoms with van der Waals surface area (Å²) in [7, 11) is 5.60. The predicted molar refractivity (Wildman–Crippen MR) is 77.4 cm³/mol. The lowest BCUT2D eigenvalue weighted by Crippen LogP contribution is -2.05. The first-order chi connectivity index (χ1) is 9.06. The smallest absolute Gasteiger partial charge is 0.128 e. The summed E-state index contributed by atoms with van der Waals surface area (Å²) in [5.74, 6) is 0.900. The molecule has 0 amide bonds. The summed E-state index contributed by atoms with van der Waals surface area (Å²) in [6, 6.07) is 6.34. The fraction of sp³-hybridized carbons (Fsp3) is 0.400. The van der Waals surface area contributed by atoms with E-state index in [0.29, 0.717) is 0 Å². The van der Waals surface area contributed by atoms with E-state index in [1.807, 2.05) is 18.8 Å². The molecule has 0 saturated carbocycles. The van der Waals surface area contributed by atoms with Gasteiger partial charge < -0.3 is 10.1 Å². The van der Waals surface area contributed by atoms with Gasteiger partial charge in [-0.05, 0) is 44.2 Å². The maximum absolute atomic E-state index is 5.53. The van der Waals surface area contributed by atoms with Gasteiger partial charge in [0.25, 0.3) is 0 Å². The number of hydrogen-bond acceptors (Lipinski definition) is 3. The number of rotatable bonds is 4. The molecule has 1 aromatic carbocycles. The Hall–Kier alpha value is -1.81. The maximum Gasteiger partial charge on any atom is 0.128 e. The van der Waals surface area contributed by atoms with Crippen molar-refractivity contribution in [3.05, 3.63) is 35.0 Å². The third-order valence-corrected chi connectivity index (χ3v) is 3.21. The largest absolute Gasteiger partial charge is 0.496 e. The van der Waals surface area contributed by atoms with E-state index in [1.54, 1.807) is 7.11 Å². The van der Waals surface area contributed by atoms with E-state index in [0.717, 1.165) is 29.2 Å². The van der Waals surface area contributed by atoms with Gasteiger partial charge in [-0.25, -0.2) is 0 Å². The Morgan fingerprint density at radius 2 is 2.00 bits per heavy atom. The van der Waals surface area contributed by atoms with Crippen molar-refractivity contribution in [1.82, 2.24) is 15.1 Å². The van der Waals surface area contributed by atoms with Crippen LogP contribution in [0.5, 0.6) is 5.75 Å². The number of aromatic nitrogens is 2. The van der Waals surface area contributed by atoms with E-state index in [9.17, 15) is 0 Å². The molecule has 0 aliphatic carbocycles. The quantitative estimate of drug-likeness (QED) is 0.916. The molecule has 4 nitrogen and oxygen atoms in total. The van der Waals surface area contributed by atoms with E-state index < -0.39 is 0 Å². The minimum Gasteiger partial charge on any atom is -0.496 e. The molecular formula is C15H21N3O. The monoisotopic (exact) mass is 259 g/mol. The van der Waals surface area contributed by atoms with Crippen LogP contribution in [0.2, 0.25) is 0 Å². The molecule has 0 unspecified atom stereocenters. The molecule has 0 radical (unpaired) electrons. The van der Waals surface area contributed by atoms with Gasteiger partial charge in [0.05, 0.1) is 18.5 Å². The average Bonchev–Trinajstić information content (AvgIpc) is 2.69. The van der Waals surface area contributed by atoms with Crippen LogP contribution >= 0.6 is 0 Å². The van der Waals surface area contributed by atoms with Crippen LogP contribution in [-0.4, -0.2) is 23.9 Å². The van der Waals surface area contributed by atoms with Crippen molar-refractivity contribution in [1.29, 1.82) is 0 Å². The second kappa shape index (κ2) is 5.45. The van der Waals surface area contributed by atoms with Gasteiger partial charge >= 0.3 is 0 Å². The number of methoxy groups -OCH3 is 1. The zero-order valence-corrected chi connectivity index (χ0v) is 12.2. The lowest BCUT2D eigenvalue weighted by Gasteiger charge is -2.13. The summed E-state index contributed by atoms with van der Waals surface area (Å²) in [5.41, 5.74) is 5.64. The summed E-state index contributed by atoms with van der Waals surface area (Å²) in [5, 5.41) is 7.64. The zero-order chi connectivity index (χ0) is 14.0. The van der Waals surface area contributed by atoms with Gasteiger partial charge in [0.15, 0.2) is 0 Å². The molecule has 0 aliphatic heterocycles. The Labute approximate surface area is 114 Å². The van der Waals surface area contributed by atoms with Crippen LogP contribution in [0.1, 0.15) is 16.8 Å². The van der Waals surface area contributed by atoms with Crippen molar-refractivity contribution in [2.75, 3.05) is 14.2 Å². The second-order valence-electron chi connectivity index (χ2n) is 4.83. The minimum atomic E-state index is 0.765. The topological polar surface area (TPSA) is 39.1 Å². The van der Waals surface area contributed by atoms with Gasteiger partial charge in [0.2, 0.25) is 0 Å². The van der Waals surface area contributed by atoms with E-state index >= 15 is 0 Å². The van der Waals surface area contributed by atoms with Gasteiger partial charge in [-0.1, -0.05) is 6.07 Å². The van der Waals surface area contributed by atoms with Crippen molar-refractivity contribution < 1.29 is 4.74 Å². The lowest BCUT2D eigenvalue weighted by atomic mass is 10.0. The molecule has 19 heavy (non-hydrogen) atoms. The molecule has 0 bridgehead atoms. The highest BCUT2D eigenvalue weighted by Gasteiger charge is 2.15. The molecule has 102 valence electrons. The van der Waals surface area contributed by atoms with Crippen LogP contribution < -0.4 is 10.1 Å². The summed E-state index contributed by atoms with van der Waals surface area (Å²) in [6.07, 6.45) is 0. The standard InChI is InChI=1S/C15H21N3O/c1-10-6-11(2)15(14(7-10)19-5)13-8-12(9-16-3)17-18(13)4/h6-8,16H,9H2,1-5H3. The van der Waals surface area contributed by atoms with Gasteiger partial charge in [-0.3, -0.25) is 4.68 Å². The number of nitrogens with one attached hydrogen (secondary N) is 1. The highest BCUT2D eigenvalue weighted by Crippen LogP contribution is 2.34. The van der Waals surface area contributed by atoms with Gasteiger partial charge in [0, 0.05) is 19.2 Å². The summed E-state index contributed by atoms with van der Waals surface area (Å²) in [6.45, 7) is 4.95. The zero-order valence-electron chi connectivity index (χ0n) is 12.2. The van der Waals surface area contributed by atoms with Gasteiger partial charge in [0.1, 0.15) is 5.75 Å². The third-order valence-electron chi connectivity index (χ3n) is 3.21. The lowest BCUT2D eigenvalue weighted by molar-refractivity contribution is 0.415. The summed E-state index contributed by atoms with van der Waals surface area (Å²) in [4.78, 5) is 0. The normalized spacial score (nSPS) is 10.8. The highest BCUT2D eigenvalue weighted by molar-refractivity contribution is 5.72. The van der Waals surface area contributed by atoms with Crippen molar-refractivity contribution in [2.24, 2.45) is 7.05 Å². The second-order valence-corrected chi connectivity index (χ2v) is 4.83. The Kier molecular flexibility index (Phi) is 3.90. The van der Waals surface area contributed by atoms with Crippen molar-refractivity contribution in [2.45, 2.75) is 20.4 Å². The molecule has 2 aromatic rings. The first-order valence-electron chi connectivity index (χ1n) is 6.40. The van der Waals surface area contributed by atoms with Crippen molar-refractivity contribution in [3.63, 3.8) is 0 Å². The molecule has 2 rings (SSSR count). The first kappa shape index (κ1) is 13.6.